The Labute approximate surface area is 233 Å². The molecular formula is C29H36ClN3O6. The first-order valence-electron chi connectivity index (χ1n) is 13.1. The van der Waals surface area contributed by atoms with Crippen molar-refractivity contribution >= 4 is 35.3 Å². The molecule has 210 valence electrons. The van der Waals surface area contributed by atoms with E-state index in [-0.39, 0.29) is 30.4 Å². The summed E-state index contributed by atoms with van der Waals surface area (Å²) < 4.78 is 4.92. The molecule has 0 saturated heterocycles. The number of aromatic hydroxyl groups is 1. The van der Waals surface area contributed by atoms with E-state index in [0.717, 1.165) is 37.7 Å². The number of rotatable bonds is 11. The first kappa shape index (κ1) is 30.0. The van der Waals surface area contributed by atoms with Crippen molar-refractivity contribution in [2.45, 2.75) is 70.0 Å². The number of methoxy groups -OCH3 is 1. The number of ether oxygens (including phenoxy) is 1. The van der Waals surface area contributed by atoms with Crippen LogP contribution >= 0.6 is 11.6 Å². The summed E-state index contributed by atoms with van der Waals surface area (Å²) in [6.45, 7) is 1.33. The van der Waals surface area contributed by atoms with Crippen LogP contribution < -0.4 is 16.0 Å². The van der Waals surface area contributed by atoms with Gasteiger partial charge in [0.05, 0.1) is 7.11 Å². The van der Waals surface area contributed by atoms with Crippen molar-refractivity contribution in [2.75, 3.05) is 7.11 Å². The Morgan fingerprint density at radius 1 is 0.897 bits per heavy atom. The van der Waals surface area contributed by atoms with Crippen molar-refractivity contribution in [3.8, 4) is 5.75 Å². The van der Waals surface area contributed by atoms with Crippen molar-refractivity contribution in [3.05, 3.63) is 64.7 Å². The summed E-state index contributed by atoms with van der Waals surface area (Å²) in [7, 11) is 1.24. The summed E-state index contributed by atoms with van der Waals surface area (Å²) >= 11 is 5.98. The maximum Gasteiger partial charge on any atom is 0.328 e. The molecule has 10 heteroatoms. The predicted molar refractivity (Wildman–Crippen MR) is 147 cm³/mol. The van der Waals surface area contributed by atoms with Crippen LogP contribution in [0.3, 0.4) is 0 Å². The Bertz CT molecular complexity index is 1150. The van der Waals surface area contributed by atoms with Crippen LogP contribution in [0.4, 0.5) is 0 Å². The third-order valence-electron chi connectivity index (χ3n) is 6.90. The summed E-state index contributed by atoms with van der Waals surface area (Å²) in [5.41, 5.74) is 1.43. The molecule has 1 saturated carbocycles. The zero-order valence-corrected chi connectivity index (χ0v) is 23.0. The molecule has 2 aromatic carbocycles. The number of nitrogens with one attached hydrogen (secondary N) is 3. The number of esters is 1. The van der Waals surface area contributed by atoms with Crippen LogP contribution in [0.25, 0.3) is 0 Å². The molecule has 1 fully saturated rings. The smallest absolute Gasteiger partial charge is 0.328 e. The van der Waals surface area contributed by atoms with Gasteiger partial charge in [0.1, 0.15) is 23.9 Å². The second kappa shape index (κ2) is 14.5. The van der Waals surface area contributed by atoms with Crippen LogP contribution in [-0.2, 0) is 36.8 Å². The Morgan fingerprint density at radius 3 is 2.18 bits per heavy atom. The van der Waals surface area contributed by atoms with Crippen molar-refractivity contribution in [3.63, 3.8) is 0 Å². The lowest BCUT2D eigenvalue weighted by molar-refractivity contribution is -0.145. The van der Waals surface area contributed by atoms with Crippen molar-refractivity contribution in [2.24, 2.45) is 5.92 Å². The van der Waals surface area contributed by atoms with Gasteiger partial charge in [0.15, 0.2) is 0 Å². The van der Waals surface area contributed by atoms with Crippen molar-refractivity contribution in [1.82, 2.24) is 16.0 Å². The minimum absolute atomic E-state index is 0.0412. The van der Waals surface area contributed by atoms with E-state index in [4.69, 9.17) is 16.3 Å². The third-order valence-corrected chi connectivity index (χ3v) is 7.15. The van der Waals surface area contributed by atoms with Gasteiger partial charge < -0.3 is 25.8 Å². The Morgan fingerprint density at radius 2 is 1.56 bits per heavy atom. The largest absolute Gasteiger partial charge is 0.508 e. The van der Waals surface area contributed by atoms with Crippen LogP contribution in [0.1, 0.15) is 50.2 Å². The van der Waals surface area contributed by atoms with Crippen LogP contribution in [0.2, 0.25) is 5.02 Å². The minimum atomic E-state index is -1.02. The molecule has 9 nitrogen and oxygen atoms in total. The fourth-order valence-corrected chi connectivity index (χ4v) is 5.07. The Balaban J connectivity index is 1.80. The number of amides is 3. The second-order valence-electron chi connectivity index (χ2n) is 9.93. The van der Waals surface area contributed by atoms with Crippen LogP contribution in [0.5, 0.6) is 5.75 Å². The van der Waals surface area contributed by atoms with Gasteiger partial charge in [0, 0.05) is 24.8 Å². The highest BCUT2D eigenvalue weighted by Crippen LogP contribution is 2.27. The van der Waals surface area contributed by atoms with Gasteiger partial charge in [-0.15, -0.1) is 0 Å². The molecule has 39 heavy (non-hydrogen) atoms. The molecule has 0 bridgehead atoms. The summed E-state index contributed by atoms with van der Waals surface area (Å²) in [5.74, 6) is -2.10. The van der Waals surface area contributed by atoms with Gasteiger partial charge in [-0.25, -0.2) is 4.79 Å². The standard InChI is InChI=1S/C29H36ClN3O6/c1-18(34)31-24(16-19-11-13-22(30)14-12-19)27(36)33-26(21-8-4-3-5-9-21)28(37)32-25(29(38)39-2)17-20-7-6-10-23(35)15-20/h6-7,10-15,21,24-26,35H,3-5,8-9,16-17H2,1-2H3,(H,31,34)(H,32,37)(H,33,36). The Hall–Kier alpha value is -3.59. The normalized spacial score (nSPS) is 15.9. The Kier molecular flexibility index (Phi) is 11.2. The van der Waals surface area contributed by atoms with E-state index in [1.54, 1.807) is 36.4 Å². The fraction of sp³-hybridized carbons (Fsp3) is 0.448. The molecule has 0 aromatic heterocycles. The van der Waals surface area contributed by atoms with Gasteiger partial charge in [-0.2, -0.15) is 0 Å². The van der Waals surface area contributed by atoms with Crippen LogP contribution in [-0.4, -0.2) is 54.0 Å². The highest BCUT2D eigenvalue weighted by Gasteiger charge is 2.35. The molecule has 4 N–H and O–H groups in total. The molecule has 0 heterocycles. The zero-order chi connectivity index (χ0) is 28.4. The monoisotopic (exact) mass is 557 g/mol. The number of hydrogen-bond donors (Lipinski definition) is 4. The van der Waals surface area contributed by atoms with E-state index in [1.807, 2.05) is 0 Å². The zero-order valence-electron chi connectivity index (χ0n) is 22.2. The number of benzene rings is 2. The van der Waals surface area contributed by atoms with Gasteiger partial charge in [-0.3, -0.25) is 14.4 Å². The quantitative estimate of drug-likeness (QED) is 0.314. The first-order chi connectivity index (χ1) is 18.7. The highest BCUT2D eigenvalue weighted by atomic mass is 35.5. The molecule has 1 aliphatic rings. The molecule has 0 spiro atoms. The van der Waals surface area contributed by atoms with E-state index < -0.39 is 35.9 Å². The lowest BCUT2D eigenvalue weighted by Gasteiger charge is -2.32. The number of phenols is 1. The minimum Gasteiger partial charge on any atom is -0.508 e. The van der Waals surface area contributed by atoms with E-state index >= 15 is 0 Å². The summed E-state index contributed by atoms with van der Waals surface area (Å²) in [5, 5.41) is 18.7. The maximum atomic E-state index is 13.6. The second-order valence-corrected chi connectivity index (χ2v) is 10.4. The van der Waals surface area contributed by atoms with E-state index in [9.17, 15) is 24.3 Å². The van der Waals surface area contributed by atoms with E-state index in [2.05, 4.69) is 16.0 Å². The third kappa shape index (κ3) is 9.28. The average Bonchev–Trinajstić information content (AvgIpc) is 2.91. The highest BCUT2D eigenvalue weighted by molar-refractivity contribution is 6.30. The molecule has 0 radical (unpaired) electrons. The topological polar surface area (TPSA) is 134 Å². The molecule has 0 aliphatic heterocycles. The number of carbonyl (C=O) groups excluding carboxylic acids is 4. The van der Waals surface area contributed by atoms with E-state index in [0.29, 0.717) is 10.6 Å². The van der Waals surface area contributed by atoms with E-state index in [1.165, 1.54) is 26.2 Å². The number of carbonyl (C=O) groups is 4. The van der Waals surface area contributed by atoms with Gasteiger partial charge in [0.25, 0.3) is 0 Å². The van der Waals surface area contributed by atoms with Gasteiger partial charge in [0.2, 0.25) is 17.7 Å². The molecule has 3 unspecified atom stereocenters. The number of halogens is 1. The van der Waals surface area contributed by atoms with Crippen LogP contribution in [0.15, 0.2) is 48.5 Å². The molecule has 1 aliphatic carbocycles. The maximum absolute atomic E-state index is 13.6. The molecular weight excluding hydrogens is 522 g/mol. The molecule has 3 amide bonds. The number of hydrogen-bond acceptors (Lipinski definition) is 6. The lowest BCUT2D eigenvalue weighted by Crippen LogP contribution is -2.58. The summed E-state index contributed by atoms with van der Waals surface area (Å²) in [4.78, 5) is 51.6. The fourth-order valence-electron chi connectivity index (χ4n) is 4.95. The molecule has 3 atom stereocenters. The van der Waals surface area contributed by atoms with Crippen molar-refractivity contribution in [1.29, 1.82) is 0 Å². The summed E-state index contributed by atoms with van der Waals surface area (Å²) in [6, 6.07) is 10.5. The van der Waals surface area contributed by atoms with Gasteiger partial charge in [-0.05, 0) is 54.2 Å². The lowest BCUT2D eigenvalue weighted by atomic mass is 9.83. The first-order valence-corrected chi connectivity index (χ1v) is 13.5. The van der Waals surface area contributed by atoms with Crippen LogP contribution in [0, 0.1) is 5.92 Å². The SMILES string of the molecule is COC(=O)C(Cc1cccc(O)c1)NC(=O)C(NC(=O)C(Cc1ccc(Cl)cc1)NC(C)=O)C1CCCCC1. The van der Waals surface area contributed by atoms with Gasteiger partial charge >= 0.3 is 5.97 Å². The van der Waals surface area contributed by atoms with Gasteiger partial charge in [-0.1, -0.05) is 55.1 Å². The number of phenolic OH excluding ortho intramolecular Hbond substituents is 1. The predicted octanol–water partition coefficient (Wildman–Crippen LogP) is 3.06. The molecule has 3 rings (SSSR count). The summed E-state index contributed by atoms with van der Waals surface area (Å²) in [6.07, 6.45) is 4.70. The molecule has 2 aromatic rings. The average molecular weight is 558 g/mol. The van der Waals surface area contributed by atoms with Crippen molar-refractivity contribution < 1.29 is 29.0 Å².